The Bertz CT molecular complexity index is 782. The lowest BCUT2D eigenvalue weighted by Gasteiger charge is -2.23. The van der Waals surface area contributed by atoms with Crippen molar-refractivity contribution in [3.8, 4) is 5.75 Å². The molecule has 0 aliphatic heterocycles. The van der Waals surface area contributed by atoms with E-state index in [1.54, 1.807) is 6.07 Å². The Hall–Kier alpha value is -3.09. The van der Waals surface area contributed by atoms with Gasteiger partial charge in [-0.2, -0.15) is 0 Å². The standard InChI is InChI=1S/C17H19N3O4/c1-17(2,3)12-6-4-5-7-13(12)18-16(22)19-14-9-8-11(20(23)24)10-15(14)21/h4-10,21H,1-3H3,(H2,18,19,22). The molecule has 3 N–H and O–H groups in total. The maximum atomic E-state index is 12.2. The van der Waals surface area contributed by atoms with E-state index in [0.717, 1.165) is 11.6 Å². The van der Waals surface area contributed by atoms with E-state index in [9.17, 15) is 20.0 Å². The first-order chi connectivity index (χ1) is 11.2. The first-order valence-electron chi connectivity index (χ1n) is 7.33. The molecular formula is C17H19N3O4. The van der Waals surface area contributed by atoms with Crippen LogP contribution in [0.4, 0.5) is 21.9 Å². The molecule has 0 atom stereocenters. The van der Waals surface area contributed by atoms with Gasteiger partial charge in [0.15, 0.2) is 0 Å². The quantitative estimate of drug-likeness (QED) is 0.445. The lowest BCUT2D eigenvalue weighted by atomic mass is 9.86. The number of hydrogen-bond acceptors (Lipinski definition) is 4. The minimum atomic E-state index is -0.622. The van der Waals surface area contributed by atoms with E-state index in [2.05, 4.69) is 10.6 Å². The molecule has 0 radical (unpaired) electrons. The van der Waals surface area contributed by atoms with Gasteiger partial charge in [-0.25, -0.2) is 4.79 Å². The van der Waals surface area contributed by atoms with Crippen molar-refractivity contribution in [2.24, 2.45) is 0 Å². The second-order valence-electron chi connectivity index (χ2n) is 6.33. The van der Waals surface area contributed by atoms with Gasteiger partial charge in [0.25, 0.3) is 5.69 Å². The largest absolute Gasteiger partial charge is 0.506 e. The van der Waals surface area contributed by atoms with Crippen LogP contribution < -0.4 is 10.6 Å². The minimum Gasteiger partial charge on any atom is -0.506 e. The summed E-state index contributed by atoms with van der Waals surface area (Å²) in [5, 5.41) is 25.7. The predicted molar refractivity (Wildman–Crippen MR) is 92.5 cm³/mol. The third-order valence-corrected chi connectivity index (χ3v) is 3.42. The van der Waals surface area contributed by atoms with Crippen molar-refractivity contribution in [2.75, 3.05) is 10.6 Å². The fourth-order valence-electron chi connectivity index (χ4n) is 2.26. The lowest BCUT2D eigenvalue weighted by molar-refractivity contribution is -0.384. The molecule has 0 saturated heterocycles. The molecule has 0 aliphatic carbocycles. The van der Waals surface area contributed by atoms with E-state index in [-0.39, 0.29) is 22.5 Å². The van der Waals surface area contributed by atoms with Crippen molar-refractivity contribution in [3.63, 3.8) is 0 Å². The van der Waals surface area contributed by atoms with Crippen LogP contribution in [0.3, 0.4) is 0 Å². The van der Waals surface area contributed by atoms with Gasteiger partial charge >= 0.3 is 6.03 Å². The zero-order chi connectivity index (χ0) is 17.9. The Kier molecular flexibility index (Phi) is 4.73. The molecule has 7 nitrogen and oxygen atoms in total. The Labute approximate surface area is 139 Å². The molecule has 0 bridgehead atoms. The number of phenols is 1. The topological polar surface area (TPSA) is 104 Å². The zero-order valence-corrected chi connectivity index (χ0v) is 13.7. The summed E-state index contributed by atoms with van der Waals surface area (Å²) < 4.78 is 0. The summed E-state index contributed by atoms with van der Waals surface area (Å²) in [6.45, 7) is 6.11. The molecule has 0 spiro atoms. The number of non-ortho nitro benzene ring substituents is 1. The van der Waals surface area contributed by atoms with Crippen molar-refractivity contribution in [2.45, 2.75) is 26.2 Å². The number of hydrogen-bond donors (Lipinski definition) is 3. The summed E-state index contributed by atoms with van der Waals surface area (Å²) in [5.41, 5.74) is 1.30. The third kappa shape index (κ3) is 4.01. The summed E-state index contributed by atoms with van der Waals surface area (Å²) in [6, 6.07) is 10.4. The Balaban J connectivity index is 2.17. The van der Waals surface area contributed by atoms with E-state index >= 15 is 0 Å². The Morgan fingerprint density at radius 1 is 1.08 bits per heavy atom. The highest BCUT2D eigenvalue weighted by molar-refractivity contribution is 6.01. The molecule has 126 valence electrons. The van der Waals surface area contributed by atoms with Crippen LogP contribution >= 0.6 is 0 Å². The highest BCUT2D eigenvalue weighted by Gasteiger charge is 2.19. The van der Waals surface area contributed by atoms with Crippen LogP contribution in [-0.2, 0) is 5.41 Å². The molecule has 7 heteroatoms. The third-order valence-electron chi connectivity index (χ3n) is 3.42. The van der Waals surface area contributed by atoms with E-state index in [1.807, 2.05) is 39.0 Å². The molecule has 0 heterocycles. The summed E-state index contributed by atoms with van der Waals surface area (Å²) in [4.78, 5) is 22.2. The number of rotatable bonds is 3. The van der Waals surface area contributed by atoms with Crippen LogP contribution in [0.5, 0.6) is 5.75 Å². The van der Waals surface area contributed by atoms with E-state index in [1.165, 1.54) is 12.1 Å². The molecule has 0 aliphatic rings. The first-order valence-corrected chi connectivity index (χ1v) is 7.33. The van der Waals surface area contributed by atoms with Crippen molar-refractivity contribution in [1.29, 1.82) is 0 Å². The molecular weight excluding hydrogens is 310 g/mol. The van der Waals surface area contributed by atoms with Gasteiger partial charge < -0.3 is 15.7 Å². The van der Waals surface area contributed by atoms with Crippen LogP contribution in [0.15, 0.2) is 42.5 Å². The predicted octanol–water partition coefficient (Wildman–Crippen LogP) is 4.24. The van der Waals surface area contributed by atoms with Gasteiger partial charge in [-0.15, -0.1) is 0 Å². The van der Waals surface area contributed by atoms with E-state index in [0.29, 0.717) is 5.69 Å². The fourth-order valence-corrected chi connectivity index (χ4v) is 2.26. The highest BCUT2D eigenvalue weighted by Crippen LogP contribution is 2.30. The number of nitro groups is 1. The molecule has 2 rings (SSSR count). The molecule has 0 aromatic heterocycles. The average molecular weight is 329 g/mol. The Morgan fingerprint density at radius 3 is 2.29 bits per heavy atom. The van der Waals surface area contributed by atoms with Gasteiger partial charge in [0, 0.05) is 11.8 Å². The fraction of sp³-hybridized carbons (Fsp3) is 0.235. The molecule has 0 fully saturated rings. The number of amides is 2. The number of urea groups is 1. The normalized spacial score (nSPS) is 11.0. The van der Waals surface area contributed by atoms with Crippen molar-refractivity contribution in [3.05, 3.63) is 58.1 Å². The van der Waals surface area contributed by atoms with Gasteiger partial charge in [-0.1, -0.05) is 39.0 Å². The first kappa shape index (κ1) is 17.3. The monoisotopic (exact) mass is 329 g/mol. The average Bonchev–Trinajstić information content (AvgIpc) is 2.48. The number of para-hydroxylation sites is 1. The smallest absolute Gasteiger partial charge is 0.323 e. The lowest BCUT2D eigenvalue weighted by Crippen LogP contribution is -2.22. The number of nitro benzene ring substituents is 1. The number of carbonyl (C=O) groups excluding carboxylic acids is 1. The van der Waals surface area contributed by atoms with Gasteiger partial charge in [0.05, 0.1) is 16.7 Å². The number of anilines is 2. The highest BCUT2D eigenvalue weighted by atomic mass is 16.6. The summed E-state index contributed by atoms with van der Waals surface area (Å²) in [6.07, 6.45) is 0. The number of nitrogens with one attached hydrogen (secondary N) is 2. The number of carbonyl (C=O) groups is 1. The molecule has 2 aromatic rings. The Morgan fingerprint density at radius 2 is 1.71 bits per heavy atom. The van der Waals surface area contributed by atoms with Crippen molar-refractivity contribution >= 4 is 23.1 Å². The number of aromatic hydroxyl groups is 1. The number of benzene rings is 2. The number of nitrogens with zero attached hydrogens (tertiary/aromatic N) is 1. The summed E-state index contributed by atoms with van der Waals surface area (Å²) >= 11 is 0. The summed E-state index contributed by atoms with van der Waals surface area (Å²) in [7, 11) is 0. The molecule has 24 heavy (non-hydrogen) atoms. The maximum absolute atomic E-state index is 12.2. The van der Waals surface area contributed by atoms with Gasteiger partial charge in [-0.05, 0) is 23.1 Å². The molecule has 2 amide bonds. The molecule has 0 saturated carbocycles. The van der Waals surface area contributed by atoms with E-state index < -0.39 is 11.0 Å². The van der Waals surface area contributed by atoms with Gasteiger partial charge in [0.1, 0.15) is 5.75 Å². The number of phenolic OH excluding ortho intramolecular Hbond substituents is 1. The van der Waals surface area contributed by atoms with Crippen molar-refractivity contribution < 1.29 is 14.8 Å². The van der Waals surface area contributed by atoms with Crippen molar-refractivity contribution in [1.82, 2.24) is 0 Å². The summed E-state index contributed by atoms with van der Waals surface area (Å²) in [5.74, 6) is -0.372. The second kappa shape index (κ2) is 6.57. The zero-order valence-electron chi connectivity index (χ0n) is 13.7. The second-order valence-corrected chi connectivity index (χ2v) is 6.33. The minimum absolute atomic E-state index is 0.0892. The molecule has 2 aromatic carbocycles. The van der Waals surface area contributed by atoms with Gasteiger partial charge in [-0.3, -0.25) is 10.1 Å². The molecule has 0 unspecified atom stereocenters. The van der Waals surface area contributed by atoms with Gasteiger partial charge in [0.2, 0.25) is 0 Å². The van der Waals surface area contributed by atoms with Crippen LogP contribution in [-0.4, -0.2) is 16.1 Å². The van der Waals surface area contributed by atoms with E-state index in [4.69, 9.17) is 0 Å². The van der Waals surface area contributed by atoms with Crippen LogP contribution in [0.25, 0.3) is 0 Å². The maximum Gasteiger partial charge on any atom is 0.323 e. The van der Waals surface area contributed by atoms with Crippen LogP contribution in [0.2, 0.25) is 0 Å². The van der Waals surface area contributed by atoms with Crippen LogP contribution in [0.1, 0.15) is 26.3 Å². The van der Waals surface area contributed by atoms with Crippen LogP contribution in [0, 0.1) is 10.1 Å². The SMILES string of the molecule is CC(C)(C)c1ccccc1NC(=O)Nc1ccc([N+](=O)[O-])cc1O.